The number of rotatable bonds is 12. The van der Waals surface area contributed by atoms with Crippen LogP contribution in [0.4, 0.5) is 5.82 Å². The van der Waals surface area contributed by atoms with Crippen molar-refractivity contribution in [2.24, 2.45) is 0 Å². The van der Waals surface area contributed by atoms with Crippen LogP contribution >= 0.6 is 0 Å². The maximum atomic E-state index is 13.0. The van der Waals surface area contributed by atoms with Crippen molar-refractivity contribution in [3.8, 4) is 5.75 Å². The van der Waals surface area contributed by atoms with Crippen LogP contribution in [0.25, 0.3) is 0 Å². The molecule has 2 aromatic carbocycles. The lowest BCUT2D eigenvalue weighted by molar-refractivity contribution is -0.129. The molecule has 1 heterocycles. The first-order valence-corrected chi connectivity index (χ1v) is 11.6. The zero-order valence-electron chi connectivity index (χ0n) is 19.5. The molecule has 1 atom stereocenters. The molecule has 2 amide bonds. The van der Waals surface area contributed by atoms with E-state index in [-0.39, 0.29) is 18.4 Å². The third-order valence-electron chi connectivity index (χ3n) is 5.35. The lowest BCUT2D eigenvalue weighted by Gasteiger charge is -2.19. The first-order chi connectivity index (χ1) is 16.5. The van der Waals surface area contributed by atoms with E-state index in [0.29, 0.717) is 30.2 Å². The maximum absolute atomic E-state index is 13.0. The Kier molecular flexibility index (Phi) is 9.46. The number of aromatic nitrogens is 1. The molecule has 178 valence electrons. The number of hydrogen-bond acceptors (Lipinski definition) is 5. The Bertz CT molecular complexity index is 1040. The van der Waals surface area contributed by atoms with Gasteiger partial charge in [-0.05, 0) is 41.3 Å². The second kappa shape index (κ2) is 13.0. The molecule has 0 aliphatic carbocycles. The van der Waals surface area contributed by atoms with Gasteiger partial charge in [-0.1, -0.05) is 68.3 Å². The van der Waals surface area contributed by atoms with Gasteiger partial charge in [0, 0.05) is 19.2 Å². The number of unbranched alkanes of at least 4 members (excludes halogenated alkanes) is 2. The van der Waals surface area contributed by atoms with E-state index in [1.165, 1.54) is 0 Å². The minimum atomic E-state index is -0.806. The zero-order chi connectivity index (χ0) is 24.2. The van der Waals surface area contributed by atoms with Gasteiger partial charge in [0.2, 0.25) is 11.8 Å². The molecular weight excluding hydrogens is 428 g/mol. The average Bonchev–Trinajstić information content (AvgIpc) is 2.87. The van der Waals surface area contributed by atoms with E-state index in [4.69, 9.17) is 10.5 Å². The summed E-state index contributed by atoms with van der Waals surface area (Å²) >= 11 is 0. The highest BCUT2D eigenvalue weighted by molar-refractivity contribution is 5.88. The number of benzene rings is 2. The Hall–Kier alpha value is -3.87. The molecule has 7 nitrogen and oxygen atoms in total. The normalized spacial score (nSPS) is 11.4. The summed E-state index contributed by atoms with van der Waals surface area (Å²) in [7, 11) is 0. The highest BCUT2D eigenvalue weighted by Gasteiger charge is 2.22. The van der Waals surface area contributed by atoms with E-state index in [1.54, 1.807) is 18.3 Å². The topological polar surface area (TPSA) is 106 Å². The summed E-state index contributed by atoms with van der Waals surface area (Å²) in [5.74, 6) is 0.668. The van der Waals surface area contributed by atoms with E-state index >= 15 is 0 Å². The predicted octanol–water partition coefficient (Wildman–Crippen LogP) is 4.30. The molecule has 3 aromatic rings. The van der Waals surface area contributed by atoms with Gasteiger partial charge in [-0.15, -0.1) is 0 Å². The first kappa shape index (κ1) is 24.8. The number of nitrogen functional groups attached to an aromatic ring is 1. The molecule has 7 heteroatoms. The number of carbonyl (C=O) groups excluding carboxylic acids is 2. The number of nitrogens with one attached hydrogen (secondary N) is 2. The van der Waals surface area contributed by atoms with Crippen LogP contribution < -0.4 is 21.1 Å². The predicted molar refractivity (Wildman–Crippen MR) is 133 cm³/mol. The zero-order valence-corrected chi connectivity index (χ0v) is 19.5. The fourth-order valence-corrected chi connectivity index (χ4v) is 3.40. The molecule has 0 aliphatic rings. The van der Waals surface area contributed by atoms with Gasteiger partial charge in [0.15, 0.2) is 0 Å². The minimum absolute atomic E-state index is 0.146. The molecule has 0 saturated carbocycles. The summed E-state index contributed by atoms with van der Waals surface area (Å²) in [6.45, 7) is 2.82. The van der Waals surface area contributed by atoms with Gasteiger partial charge in [0.1, 0.15) is 24.2 Å². The van der Waals surface area contributed by atoms with E-state index in [1.807, 2.05) is 54.6 Å². The second-order valence-electron chi connectivity index (χ2n) is 8.11. The van der Waals surface area contributed by atoms with E-state index in [9.17, 15) is 9.59 Å². The van der Waals surface area contributed by atoms with Crippen molar-refractivity contribution >= 4 is 17.6 Å². The SMILES string of the molecule is CCCCCC(=O)N[C@H](C(=O)NCc1ccc(N)nc1)c1ccc(OCc2ccccc2)cc1. The molecule has 0 unspecified atom stereocenters. The van der Waals surface area contributed by atoms with Crippen LogP contribution in [0.5, 0.6) is 5.75 Å². The van der Waals surface area contributed by atoms with E-state index in [0.717, 1.165) is 30.4 Å². The Labute approximate surface area is 200 Å². The fraction of sp³-hybridized carbons (Fsp3) is 0.296. The molecule has 4 N–H and O–H groups in total. The van der Waals surface area contributed by atoms with E-state index < -0.39 is 6.04 Å². The van der Waals surface area contributed by atoms with Crippen molar-refractivity contribution in [3.05, 3.63) is 89.6 Å². The van der Waals surface area contributed by atoms with Crippen molar-refractivity contribution in [1.82, 2.24) is 15.6 Å². The maximum Gasteiger partial charge on any atom is 0.247 e. The van der Waals surface area contributed by atoms with Crippen molar-refractivity contribution < 1.29 is 14.3 Å². The second-order valence-corrected chi connectivity index (χ2v) is 8.11. The molecule has 0 bridgehead atoms. The molecule has 0 saturated heterocycles. The van der Waals surface area contributed by atoms with Crippen LogP contribution in [0.15, 0.2) is 72.9 Å². The molecule has 0 fully saturated rings. The largest absolute Gasteiger partial charge is 0.489 e. The third-order valence-corrected chi connectivity index (χ3v) is 5.35. The quantitative estimate of drug-likeness (QED) is 0.350. The van der Waals surface area contributed by atoms with Gasteiger partial charge >= 0.3 is 0 Å². The summed E-state index contributed by atoms with van der Waals surface area (Å²) in [4.78, 5) is 29.6. The standard InChI is InChI=1S/C27H32N4O3/c1-2-3-5-10-25(32)31-26(27(33)30-18-21-11-16-24(28)29-17-21)22-12-14-23(15-13-22)34-19-20-8-6-4-7-9-20/h4,6-9,11-17,26H,2-3,5,10,18-19H2,1H3,(H2,28,29)(H,30,33)(H,31,32)/t26-/m0/s1. The van der Waals surface area contributed by atoms with Gasteiger partial charge in [-0.25, -0.2) is 4.98 Å². The summed E-state index contributed by atoms with van der Waals surface area (Å²) in [5.41, 5.74) is 8.20. The average molecular weight is 461 g/mol. The lowest BCUT2D eigenvalue weighted by atomic mass is 10.0. The van der Waals surface area contributed by atoms with Gasteiger partial charge in [0.05, 0.1) is 0 Å². The van der Waals surface area contributed by atoms with Crippen LogP contribution in [0.3, 0.4) is 0 Å². The van der Waals surface area contributed by atoms with Gasteiger partial charge in [-0.3, -0.25) is 9.59 Å². The molecule has 0 radical (unpaired) electrons. The van der Waals surface area contributed by atoms with E-state index in [2.05, 4.69) is 22.5 Å². The van der Waals surface area contributed by atoms with Gasteiger partial charge in [-0.2, -0.15) is 0 Å². The molecular formula is C27H32N4O3. The molecule has 0 aliphatic heterocycles. The summed E-state index contributed by atoms with van der Waals surface area (Å²) in [6, 6.07) is 19.8. The Balaban J connectivity index is 1.66. The summed E-state index contributed by atoms with van der Waals surface area (Å²) in [5, 5.41) is 5.77. The number of nitrogens with two attached hydrogens (primary N) is 1. The third kappa shape index (κ3) is 7.92. The number of anilines is 1. The first-order valence-electron chi connectivity index (χ1n) is 11.6. The Morgan fingerprint density at radius 3 is 2.41 bits per heavy atom. The van der Waals surface area contributed by atoms with Crippen molar-refractivity contribution in [3.63, 3.8) is 0 Å². The molecule has 3 rings (SSSR count). The Morgan fingerprint density at radius 1 is 0.971 bits per heavy atom. The summed E-state index contributed by atoms with van der Waals surface area (Å²) in [6.07, 6.45) is 4.80. The lowest BCUT2D eigenvalue weighted by Crippen LogP contribution is -2.40. The monoisotopic (exact) mass is 460 g/mol. The van der Waals surface area contributed by atoms with Crippen molar-refractivity contribution in [2.45, 2.75) is 51.8 Å². The van der Waals surface area contributed by atoms with Crippen LogP contribution in [0, 0.1) is 0 Å². The van der Waals surface area contributed by atoms with Crippen LogP contribution in [0.2, 0.25) is 0 Å². The number of pyridine rings is 1. The molecule has 1 aromatic heterocycles. The smallest absolute Gasteiger partial charge is 0.247 e. The molecule has 34 heavy (non-hydrogen) atoms. The fourth-order valence-electron chi connectivity index (χ4n) is 3.40. The van der Waals surface area contributed by atoms with Crippen molar-refractivity contribution in [1.29, 1.82) is 0 Å². The highest BCUT2D eigenvalue weighted by atomic mass is 16.5. The Morgan fingerprint density at radius 2 is 1.74 bits per heavy atom. The van der Waals surface area contributed by atoms with Crippen molar-refractivity contribution in [2.75, 3.05) is 5.73 Å². The van der Waals surface area contributed by atoms with Crippen LogP contribution in [-0.2, 0) is 22.7 Å². The highest BCUT2D eigenvalue weighted by Crippen LogP contribution is 2.20. The number of carbonyl (C=O) groups is 2. The number of hydrogen-bond donors (Lipinski definition) is 3. The van der Waals surface area contributed by atoms with Crippen LogP contribution in [-0.4, -0.2) is 16.8 Å². The van der Waals surface area contributed by atoms with Gasteiger partial charge < -0.3 is 21.1 Å². The van der Waals surface area contributed by atoms with Crippen LogP contribution in [0.1, 0.15) is 55.3 Å². The number of amides is 2. The van der Waals surface area contributed by atoms with Gasteiger partial charge in [0.25, 0.3) is 0 Å². The number of ether oxygens (including phenoxy) is 1. The minimum Gasteiger partial charge on any atom is -0.489 e. The number of nitrogens with zero attached hydrogens (tertiary/aromatic N) is 1. The molecule has 0 spiro atoms. The summed E-state index contributed by atoms with van der Waals surface area (Å²) < 4.78 is 5.84.